The maximum Gasteiger partial charge on any atom is 0.433 e. The quantitative estimate of drug-likeness (QED) is 0.0859. The van der Waals surface area contributed by atoms with Crippen LogP contribution in [0.1, 0.15) is 73.5 Å². The second-order valence-electron chi connectivity index (χ2n) is 21.7. The van der Waals surface area contributed by atoms with Crippen LogP contribution in [0.2, 0.25) is 5.02 Å². The number of halogens is 4. The van der Waals surface area contributed by atoms with Crippen LogP contribution in [0, 0.1) is 34.5 Å². The third-order valence-electron chi connectivity index (χ3n) is 16.4. The summed E-state index contributed by atoms with van der Waals surface area (Å²) in [6.45, 7) is 11.1. The Morgan fingerprint density at radius 2 is 1.52 bits per heavy atom. The Balaban J connectivity index is 0.985. The number of pyridine rings is 4. The molecule has 4 saturated heterocycles. The Kier molecular flexibility index (Phi) is 11.7. The van der Waals surface area contributed by atoms with Crippen LogP contribution in [0.25, 0.3) is 42.8 Å². The van der Waals surface area contributed by atoms with Crippen molar-refractivity contribution in [3.05, 3.63) is 86.6 Å². The molecule has 6 aromatic rings. The van der Waals surface area contributed by atoms with E-state index in [1.165, 1.54) is 32.5 Å². The number of alkyl halides is 3. The number of thiophene rings is 2. The molecule has 6 aliphatic rings. The zero-order valence-electron chi connectivity index (χ0n) is 40.9. The highest BCUT2D eigenvalue weighted by Gasteiger charge is 2.73. The maximum atomic E-state index is 15.4. The van der Waals surface area contributed by atoms with Crippen LogP contribution in [0.4, 0.5) is 13.2 Å². The van der Waals surface area contributed by atoms with Crippen molar-refractivity contribution in [2.24, 2.45) is 34.5 Å². The smallest absolute Gasteiger partial charge is 0.433 e. The van der Waals surface area contributed by atoms with E-state index in [1.54, 1.807) is 30.6 Å². The number of imide groups is 2. The van der Waals surface area contributed by atoms with Gasteiger partial charge in [0.25, 0.3) is 0 Å². The molecule has 73 heavy (non-hydrogen) atoms. The summed E-state index contributed by atoms with van der Waals surface area (Å²) in [5, 5.41) is 7.13. The Labute approximate surface area is 432 Å². The van der Waals surface area contributed by atoms with Crippen LogP contribution in [0.15, 0.2) is 55.0 Å². The first-order valence-electron chi connectivity index (χ1n) is 24.9. The van der Waals surface area contributed by atoms with Gasteiger partial charge >= 0.3 is 6.18 Å². The van der Waals surface area contributed by atoms with Crippen molar-refractivity contribution in [1.82, 2.24) is 40.3 Å². The van der Waals surface area contributed by atoms with Crippen molar-refractivity contribution in [3.8, 4) is 28.3 Å². The summed E-state index contributed by atoms with van der Waals surface area (Å²) in [7, 11) is 1.90. The number of likely N-dealkylation sites (N-methyl/N-ethyl adjacent to an activating group) is 1. The van der Waals surface area contributed by atoms with Crippen LogP contribution in [-0.2, 0) is 51.5 Å². The fourth-order valence-electron chi connectivity index (χ4n) is 12.2. The van der Waals surface area contributed by atoms with Gasteiger partial charge in [0.1, 0.15) is 16.5 Å². The van der Waals surface area contributed by atoms with E-state index in [0.29, 0.717) is 79.9 Å². The molecule has 2 N–H and O–H groups in total. The Morgan fingerprint density at radius 3 is 2.15 bits per heavy atom. The van der Waals surface area contributed by atoms with E-state index in [0.717, 1.165) is 47.0 Å². The number of carbonyl (C=O) groups excluding carboxylic acids is 4. The first-order chi connectivity index (χ1) is 34.8. The lowest BCUT2D eigenvalue weighted by Gasteiger charge is -2.24. The number of amides is 4. The highest BCUT2D eigenvalue weighted by molar-refractivity contribution is 7.20. The minimum Gasteiger partial charge on any atom is -0.473 e. The average Bonchev–Trinajstić information content (AvgIpc) is 3.76. The summed E-state index contributed by atoms with van der Waals surface area (Å²) < 4.78 is 55.9. The second-order valence-corrected chi connectivity index (χ2v) is 24.5. The lowest BCUT2D eigenvalue weighted by atomic mass is 9.98. The first-order valence-corrected chi connectivity index (χ1v) is 26.9. The van der Waals surface area contributed by atoms with Crippen molar-refractivity contribution >= 4 is 78.3 Å². The predicted molar refractivity (Wildman–Crippen MR) is 269 cm³/mol. The molecule has 6 fully saturated rings. The molecule has 6 aromatic heterocycles. The van der Waals surface area contributed by atoms with Crippen molar-refractivity contribution < 1.29 is 41.7 Å². The van der Waals surface area contributed by atoms with Gasteiger partial charge in [-0.25, -0.2) is 9.97 Å². The van der Waals surface area contributed by atoms with Crippen LogP contribution < -0.4 is 19.9 Å². The van der Waals surface area contributed by atoms with Crippen molar-refractivity contribution in [1.29, 1.82) is 0 Å². The highest BCUT2D eigenvalue weighted by Crippen LogP contribution is 2.64. The summed E-state index contributed by atoms with van der Waals surface area (Å²) in [6.07, 6.45) is 2.63. The normalized spacial score (nSPS) is 25.4. The Hall–Kier alpha value is -5.44. The van der Waals surface area contributed by atoms with Gasteiger partial charge in [-0.05, 0) is 68.0 Å². The first kappa shape index (κ1) is 48.5. The highest BCUT2D eigenvalue weighted by atomic mass is 35.5. The van der Waals surface area contributed by atoms with Crippen molar-refractivity contribution in [3.63, 3.8) is 0 Å². The van der Waals surface area contributed by atoms with E-state index < -0.39 is 11.9 Å². The molecule has 2 aliphatic carbocycles. The predicted octanol–water partition coefficient (Wildman–Crippen LogP) is 7.85. The second kappa shape index (κ2) is 17.6. The summed E-state index contributed by atoms with van der Waals surface area (Å²) in [4.78, 5) is 74.2. The largest absolute Gasteiger partial charge is 0.473 e. The van der Waals surface area contributed by atoms with E-state index in [2.05, 4.69) is 30.5 Å². The number of ether oxygens (including phenoxy) is 1. The molecule has 6 atom stereocenters. The monoisotopic (exact) mass is 1050 g/mol. The summed E-state index contributed by atoms with van der Waals surface area (Å²) in [6, 6.07) is 10.5. The third kappa shape index (κ3) is 8.23. The molecule has 4 amide bonds. The lowest BCUT2D eigenvalue weighted by molar-refractivity contribution is -0.662. The number of fused-ring (bicyclic) bond motifs is 4. The number of aromatic nitrogens is 4. The van der Waals surface area contributed by atoms with Crippen LogP contribution in [0.3, 0.4) is 0 Å². The number of nitrogens with one attached hydrogen (secondary N) is 2. The molecule has 20 heteroatoms. The van der Waals surface area contributed by atoms with Gasteiger partial charge in [0, 0.05) is 94.3 Å². The van der Waals surface area contributed by atoms with Crippen molar-refractivity contribution in [2.75, 3.05) is 33.2 Å². The number of nitrogens with zero attached hydrogens (tertiary/aromatic N) is 7. The minimum absolute atomic E-state index is 0.00320. The Morgan fingerprint density at radius 1 is 0.849 bits per heavy atom. The number of hydrogen-bond acceptors (Lipinski definition) is 13. The topological polar surface area (TPSA) is 154 Å². The molecular weight excluding hydrogens is 999 g/mol. The molecular formula is C53H54ClF3N9O5S2+. The number of likely N-dealkylation sites (tertiary alicyclic amines) is 3. The molecule has 0 aromatic carbocycles. The number of rotatable bonds is 13. The SMILES string of the molecule is CN[C@H]1CCN(Cc2c(C[n+]3ccc(-c4cc(Cl)cnc4O[C@H]4CCCNC4)c4sc(CN5C(=O)C6C(C5=O)C6(C)C)cc43)cc(C(F)(F)F)nc2-c2ccnc3cc(CN4C(=O)C5C(C4=O)C5(C)C)sc23)C1. The van der Waals surface area contributed by atoms with Gasteiger partial charge in [-0.1, -0.05) is 39.3 Å². The molecule has 0 spiro atoms. The fourth-order valence-corrected chi connectivity index (χ4v) is 14.7. The van der Waals surface area contributed by atoms with Crippen molar-refractivity contribution in [2.45, 2.75) is 91.5 Å². The molecule has 0 radical (unpaired) electrons. The van der Waals surface area contributed by atoms with Gasteiger partial charge in [-0.15, -0.1) is 22.7 Å². The van der Waals surface area contributed by atoms with E-state index >= 15 is 13.2 Å². The van der Waals surface area contributed by atoms with Gasteiger partial charge in [0.2, 0.25) is 35.0 Å². The number of carbonyl (C=O) groups is 4. The van der Waals surface area contributed by atoms with Gasteiger partial charge < -0.3 is 15.4 Å². The molecule has 0 bridgehead atoms. The summed E-state index contributed by atoms with van der Waals surface area (Å²) in [5.74, 6) is -1.81. The molecule has 14 nitrogen and oxygen atoms in total. The minimum atomic E-state index is -4.82. The van der Waals surface area contributed by atoms with Crippen LogP contribution in [-0.4, -0.2) is 98.7 Å². The van der Waals surface area contributed by atoms with Crippen LogP contribution in [0.5, 0.6) is 5.88 Å². The average molecular weight is 1050 g/mol. The van der Waals surface area contributed by atoms with E-state index in [-0.39, 0.29) is 95.6 Å². The number of hydrogen-bond donors (Lipinski definition) is 2. The zero-order valence-corrected chi connectivity index (χ0v) is 43.3. The van der Waals surface area contributed by atoms with Crippen LogP contribution >= 0.6 is 34.3 Å². The molecule has 12 rings (SSSR count). The molecule has 2 saturated carbocycles. The standard InChI is InChI=1S/C53H54ClF3N9O5S2/c1-51(2)39-40(51)48(68)65(47(39)67)23-30-17-36-44(72-30)33(8-12-60-36)43-35(25-63-13-9-28(22-63)58-5)26(15-38(62-43)53(55,56)57)21-64-14-10-32(34-16-27(54)19-61-46(34)71-29-7-6-11-59-20-29)45-37(64)18-31(73-45)24-66-49(69)41-42(50(66)70)52(41,3)4/h8,10,12,14-19,28-29,39-42,58-59H,6-7,9,11,13,20-25H2,1-5H3/q+1/t28-,29-,39?,40?,41?,42?/m0/s1. The fraction of sp³-hybridized carbons (Fsp3) is 0.472. The lowest BCUT2D eigenvalue weighted by Crippen LogP contribution is -2.37. The summed E-state index contributed by atoms with van der Waals surface area (Å²) in [5.41, 5.74) is 2.41. The van der Waals surface area contributed by atoms with E-state index in [4.69, 9.17) is 16.3 Å². The number of piperidine rings is 3. The van der Waals surface area contributed by atoms with E-state index in [1.807, 2.05) is 57.6 Å². The third-order valence-corrected chi connectivity index (χ3v) is 18.9. The maximum absolute atomic E-state index is 15.4. The molecule has 10 heterocycles. The zero-order chi connectivity index (χ0) is 51.0. The van der Waals surface area contributed by atoms with Gasteiger partial charge in [-0.2, -0.15) is 17.7 Å². The van der Waals surface area contributed by atoms with E-state index in [9.17, 15) is 19.2 Å². The molecule has 380 valence electrons. The summed E-state index contributed by atoms with van der Waals surface area (Å²) >= 11 is 9.37. The molecule has 4 aliphatic heterocycles. The van der Waals surface area contributed by atoms with Gasteiger partial charge in [-0.3, -0.25) is 38.9 Å². The molecule has 4 unspecified atom stereocenters. The van der Waals surface area contributed by atoms with Gasteiger partial charge in [0.15, 0.2) is 12.7 Å². The Bertz CT molecular complexity index is 3270. The van der Waals surface area contributed by atoms with Gasteiger partial charge in [0.05, 0.1) is 57.7 Å².